The highest BCUT2D eigenvalue weighted by atomic mass is 79.9. The zero-order valence-corrected chi connectivity index (χ0v) is 15.3. The maximum atomic E-state index is 12.4. The molecule has 2 heterocycles. The van der Waals surface area contributed by atoms with E-state index in [1.807, 2.05) is 18.0 Å². The Morgan fingerprint density at radius 1 is 1.41 bits per heavy atom. The Morgan fingerprint density at radius 3 is 2.64 bits per heavy atom. The Balaban J connectivity index is 1.83. The first kappa shape index (κ1) is 17.4. The van der Waals surface area contributed by atoms with Crippen molar-refractivity contribution in [3.8, 4) is 0 Å². The van der Waals surface area contributed by atoms with Gasteiger partial charge in [-0.1, -0.05) is 0 Å². The van der Waals surface area contributed by atoms with Crippen LogP contribution in [0.3, 0.4) is 0 Å². The monoisotopic (exact) mass is 387 g/mol. The molecule has 1 unspecified atom stereocenters. The molecule has 0 aliphatic carbocycles. The van der Waals surface area contributed by atoms with Crippen LogP contribution < -0.4 is 10.6 Å². The van der Waals surface area contributed by atoms with Crippen molar-refractivity contribution in [1.29, 1.82) is 0 Å². The molecule has 1 aromatic heterocycles. The zero-order chi connectivity index (χ0) is 16.1. The summed E-state index contributed by atoms with van der Waals surface area (Å²) in [5.74, 6) is 0.455. The van der Waals surface area contributed by atoms with Crippen molar-refractivity contribution in [3.63, 3.8) is 0 Å². The van der Waals surface area contributed by atoms with Crippen LogP contribution in [-0.4, -0.2) is 49.4 Å². The van der Waals surface area contributed by atoms with Crippen LogP contribution in [0.2, 0.25) is 0 Å². The minimum Gasteiger partial charge on any atom is -0.341 e. The topological polar surface area (TPSA) is 61.4 Å². The molecular formula is C15H22BrN3O2S. The van der Waals surface area contributed by atoms with Crippen LogP contribution in [0.15, 0.2) is 15.9 Å². The van der Waals surface area contributed by atoms with Gasteiger partial charge in [-0.2, -0.15) is 0 Å². The lowest BCUT2D eigenvalue weighted by atomic mass is 9.96. The van der Waals surface area contributed by atoms with Crippen LogP contribution in [0.5, 0.6) is 0 Å². The van der Waals surface area contributed by atoms with Gasteiger partial charge in [0.2, 0.25) is 5.91 Å². The molecule has 7 heteroatoms. The van der Waals surface area contributed by atoms with Gasteiger partial charge >= 0.3 is 0 Å². The summed E-state index contributed by atoms with van der Waals surface area (Å²) < 4.78 is 0.906. The summed E-state index contributed by atoms with van der Waals surface area (Å²) in [6.45, 7) is 4.30. The molecule has 1 aliphatic heterocycles. The number of carbonyl (C=O) groups excluding carboxylic acids is 2. The Bertz CT molecular complexity index is 527. The summed E-state index contributed by atoms with van der Waals surface area (Å²) in [4.78, 5) is 27.0. The number of nitrogens with zero attached hydrogens (tertiary/aromatic N) is 1. The third-order valence-corrected chi connectivity index (χ3v) is 5.56. The van der Waals surface area contributed by atoms with Gasteiger partial charge in [0, 0.05) is 13.1 Å². The van der Waals surface area contributed by atoms with Crippen LogP contribution in [0.1, 0.15) is 29.4 Å². The smallest absolute Gasteiger partial charge is 0.262 e. The van der Waals surface area contributed by atoms with Gasteiger partial charge in [0.1, 0.15) is 6.04 Å². The second-order valence-electron chi connectivity index (χ2n) is 5.63. The number of carbonyl (C=O) groups is 2. The average molecular weight is 388 g/mol. The van der Waals surface area contributed by atoms with Crippen LogP contribution in [0.4, 0.5) is 0 Å². The van der Waals surface area contributed by atoms with Gasteiger partial charge in [-0.3, -0.25) is 9.59 Å². The number of hydrogen-bond acceptors (Lipinski definition) is 4. The fourth-order valence-electron chi connectivity index (χ4n) is 2.69. The number of amides is 2. The second kappa shape index (κ2) is 8.08. The minimum absolute atomic E-state index is 0.00637. The largest absolute Gasteiger partial charge is 0.341 e. The third kappa shape index (κ3) is 4.54. The standard InChI is InChI=1S/C15H22BrN3O2S/c1-10(18-14(20)12-3-4-13(16)22-12)15(21)19-7-5-11(6-8-19)9-17-2/h3-4,10-11,17H,5-9H2,1-2H3,(H,18,20). The Hall–Kier alpha value is -0.920. The zero-order valence-electron chi connectivity index (χ0n) is 12.9. The Morgan fingerprint density at radius 2 is 2.09 bits per heavy atom. The molecule has 0 aromatic carbocycles. The number of rotatable bonds is 5. The highest BCUT2D eigenvalue weighted by Gasteiger charge is 2.26. The van der Waals surface area contributed by atoms with Crippen molar-refractivity contribution >= 4 is 39.1 Å². The molecule has 5 nitrogen and oxygen atoms in total. The molecule has 0 bridgehead atoms. The SMILES string of the molecule is CNCC1CCN(C(=O)C(C)NC(=O)c2ccc(Br)s2)CC1. The van der Waals surface area contributed by atoms with Crippen molar-refractivity contribution in [1.82, 2.24) is 15.5 Å². The summed E-state index contributed by atoms with van der Waals surface area (Å²) in [6.07, 6.45) is 2.04. The number of piperidine rings is 1. The number of halogens is 1. The molecule has 1 fully saturated rings. The van der Waals surface area contributed by atoms with Gasteiger partial charge in [-0.25, -0.2) is 0 Å². The molecule has 0 saturated carbocycles. The highest BCUT2D eigenvalue weighted by Crippen LogP contribution is 2.22. The van der Waals surface area contributed by atoms with Crippen molar-refractivity contribution in [3.05, 3.63) is 20.8 Å². The third-order valence-electron chi connectivity index (χ3n) is 3.93. The van der Waals surface area contributed by atoms with Gasteiger partial charge in [0.05, 0.1) is 8.66 Å². The fraction of sp³-hybridized carbons (Fsp3) is 0.600. The summed E-state index contributed by atoms with van der Waals surface area (Å²) in [5.41, 5.74) is 0. The molecule has 0 radical (unpaired) electrons. The quantitative estimate of drug-likeness (QED) is 0.812. The lowest BCUT2D eigenvalue weighted by molar-refractivity contribution is -0.134. The molecule has 22 heavy (non-hydrogen) atoms. The fourth-order valence-corrected chi connectivity index (χ4v) is 3.98. The molecule has 2 rings (SSSR count). The molecule has 1 aliphatic rings. The minimum atomic E-state index is -0.491. The first-order valence-corrected chi connectivity index (χ1v) is 9.11. The van der Waals surface area contributed by atoms with E-state index in [9.17, 15) is 9.59 Å². The first-order chi connectivity index (χ1) is 10.5. The summed E-state index contributed by atoms with van der Waals surface area (Å²) in [6, 6.07) is 3.09. The van der Waals surface area contributed by atoms with E-state index in [-0.39, 0.29) is 11.8 Å². The number of hydrogen-bond donors (Lipinski definition) is 2. The average Bonchev–Trinajstić information content (AvgIpc) is 2.94. The van der Waals surface area contributed by atoms with Gasteiger partial charge < -0.3 is 15.5 Å². The molecule has 122 valence electrons. The summed E-state index contributed by atoms with van der Waals surface area (Å²) in [7, 11) is 1.96. The van der Waals surface area contributed by atoms with E-state index in [1.165, 1.54) is 11.3 Å². The van der Waals surface area contributed by atoms with E-state index in [1.54, 1.807) is 13.0 Å². The van der Waals surface area contributed by atoms with Gasteiger partial charge in [-0.05, 0) is 67.3 Å². The first-order valence-electron chi connectivity index (χ1n) is 7.51. The van der Waals surface area contributed by atoms with Crippen LogP contribution in [-0.2, 0) is 4.79 Å². The lowest BCUT2D eigenvalue weighted by Crippen LogP contribution is -2.49. The Kier molecular flexibility index (Phi) is 6.40. The van der Waals surface area contributed by atoms with Gasteiger partial charge in [0.15, 0.2) is 0 Å². The van der Waals surface area contributed by atoms with Crippen molar-refractivity contribution in [2.24, 2.45) is 5.92 Å². The maximum absolute atomic E-state index is 12.4. The van der Waals surface area contributed by atoms with E-state index in [2.05, 4.69) is 26.6 Å². The maximum Gasteiger partial charge on any atom is 0.262 e. The lowest BCUT2D eigenvalue weighted by Gasteiger charge is -2.33. The molecular weight excluding hydrogens is 366 g/mol. The van der Waals surface area contributed by atoms with E-state index in [0.29, 0.717) is 10.8 Å². The molecule has 2 N–H and O–H groups in total. The number of nitrogens with one attached hydrogen (secondary N) is 2. The van der Waals surface area contributed by atoms with Gasteiger partial charge in [0.25, 0.3) is 5.91 Å². The Labute approximate surface area is 143 Å². The normalized spacial score (nSPS) is 17.3. The molecule has 1 saturated heterocycles. The predicted octanol–water partition coefficient (Wildman–Crippen LogP) is 2.09. The van der Waals surface area contributed by atoms with Crippen molar-refractivity contribution in [2.75, 3.05) is 26.7 Å². The van der Waals surface area contributed by atoms with Crippen LogP contribution in [0.25, 0.3) is 0 Å². The van der Waals surface area contributed by atoms with Crippen LogP contribution >= 0.6 is 27.3 Å². The molecule has 2 amide bonds. The summed E-state index contributed by atoms with van der Waals surface area (Å²) >= 11 is 4.70. The predicted molar refractivity (Wildman–Crippen MR) is 92.2 cm³/mol. The van der Waals surface area contributed by atoms with E-state index >= 15 is 0 Å². The molecule has 0 spiro atoms. The molecule has 1 aromatic rings. The second-order valence-corrected chi connectivity index (χ2v) is 8.09. The van der Waals surface area contributed by atoms with Crippen molar-refractivity contribution in [2.45, 2.75) is 25.8 Å². The molecule has 1 atom stereocenters. The van der Waals surface area contributed by atoms with E-state index < -0.39 is 6.04 Å². The number of likely N-dealkylation sites (tertiary alicyclic amines) is 1. The van der Waals surface area contributed by atoms with E-state index in [0.717, 1.165) is 36.3 Å². The van der Waals surface area contributed by atoms with Crippen LogP contribution in [0, 0.1) is 5.92 Å². The van der Waals surface area contributed by atoms with Gasteiger partial charge in [-0.15, -0.1) is 11.3 Å². The van der Waals surface area contributed by atoms with Crippen molar-refractivity contribution < 1.29 is 9.59 Å². The summed E-state index contributed by atoms with van der Waals surface area (Å²) in [5, 5.41) is 5.98. The highest BCUT2D eigenvalue weighted by molar-refractivity contribution is 9.11. The van der Waals surface area contributed by atoms with E-state index in [4.69, 9.17) is 0 Å². The number of thiophene rings is 1.